The monoisotopic (exact) mass is 370 g/mol. The summed E-state index contributed by atoms with van der Waals surface area (Å²) in [5.74, 6) is 1.72. The quantitative estimate of drug-likeness (QED) is 0.427. The lowest BCUT2D eigenvalue weighted by Gasteiger charge is -2.10. The third kappa shape index (κ3) is 4.80. The SMILES string of the molecule is c1ccc(COc2cccc(-c3ccc(OCCn4ccnc4)cc3)c2)cc1. The summed E-state index contributed by atoms with van der Waals surface area (Å²) in [6, 6.07) is 26.5. The molecule has 1 aromatic heterocycles. The lowest BCUT2D eigenvalue weighted by molar-refractivity contribution is 0.298. The first-order valence-electron chi connectivity index (χ1n) is 9.32. The molecule has 0 aliphatic rings. The minimum absolute atomic E-state index is 0.563. The number of nitrogens with zero attached hydrogens (tertiary/aromatic N) is 2. The number of benzene rings is 3. The highest BCUT2D eigenvalue weighted by Crippen LogP contribution is 2.26. The van der Waals surface area contributed by atoms with Crippen molar-refractivity contribution in [2.45, 2.75) is 13.2 Å². The summed E-state index contributed by atoms with van der Waals surface area (Å²) in [6.07, 6.45) is 5.49. The van der Waals surface area contributed by atoms with Crippen LogP contribution in [0.15, 0.2) is 97.6 Å². The summed E-state index contributed by atoms with van der Waals surface area (Å²) in [4.78, 5) is 4.03. The maximum atomic E-state index is 5.93. The highest BCUT2D eigenvalue weighted by atomic mass is 16.5. The Hall–Kier alpha value is -3.53. The molecule has 0 saturated carbocycles. The van der Waals surface area contributed by atoms with E-state index in [1.165, 1.54) is 0 Å². The Kier molecular flexibility index (Phi) is 5.68. The fourth-order valence-corrected chi connectivity index (χ4v) is 2.94. The summed E-state index contributed by atoms with van der Waals surface area (Å²) >= 11 is 0. The first-order chi connectivity index (χ1) is 13.9. The maximum absolute atomic E-state index is 5.93. The second-order valence-electron chi connectivity index (χ2n) is 6.48. The molecule has 0 spiro atoms. The molecule has 140 valence electrons. The van der Waals surface area contributed by atoms with Crippen molar-refractivity contribution < 1.29 is 9.47 Å². The van der Waals surface area contributed by atoms with Gasteiger partial charge in [0.1, 0.15) is 24.7 Å². The zero-order valence-electron chi connectivity index (χ0n) is 15.6. The molecule has 0 radical (unpaired) electrons. The van der Waals surface area contributed by atoms with E-state index in [0.29, 0.717) is 13.2 Å². The molecule has 0 atom stereocenters. The van der Waals surface area contributed by atoms with Gasteiger partial charge in [0.2, 0.25) is 0 Å². The fraction of sp³-hybridized carbons (Fsp3) is 0.125. The predicted molar refractivity (Wildman–Crippen MR) is 110 cm³/mol. The molecule has 0 aliphatic carbocycles. The van der Waals surface area contributed by atoms with E-state index in [-0.39, 0.29) is 0 Å². The van der Waals surface area contributed by atoms with Gasteiger partial charge in [-0.05, 0) is 41.0 Å². The molecule has 4 aromatic rings. The molecular weight excluding hydrogens is 348 g/mol. The summed E-state index contributed by atoms with van der Waals surface area (Å²) < 4.78 is 13.7. The van der Waals surface area contributed by atoms with Gasteiger partial charge in [-0.15, -0.1) is 0 Å². The summed E-state index contributed by atoms with van der Waals surface area (Å²) in [5, 5.41) is 0. The van der Waals surface area contributed by atoms with Crippen molar-refractivity contribution in [3.8, 4) is 22.6 Å². The molecule has 0 saturated heterocycles. The second kappa shape index (κ2) is 8.91. The topological polar surface area (TPSA) is 36.3 Å². The molecule has 4 rings (SSSR count). The van der Waals surface area contributed by atoms with E-state index in [0.717, 1.165) is 34.7 Å². The second-order valence-corrected chi connectivity index (χ2v) is 6.48. The molecular formula is C24H22N2O2. The average molecular weight is 370 g/mol. The summed E-state index contributed by atoms with van der Waals surface area (Å²) in [6.45, 7) is 1.95. The Morgan fingerprint density at radius 1 is 0.750 bits per heavy atom. The first-order valence-corrected chi connectivity index (χ1v) is 9.32. The number of imidazole rings is 1. The Morgan fingerprint density at radius 2 is 1.61 bits per heavy atom. The Bertz CT molecular complexity index is 981. The van der Waals surface area contributed by atoms with Crippen molar-refractivity contribution in [3.63, 3.8) is 0 Å². The van der Waals surface area contributed by atoms with Gasteiger partial charge in [0, 0.05) is 12.4 Å². The lowest BCUT2D eigenvalue weighted by Crippen LogP contribution is -2.06. The number of hydrogen-bond donors (Lipinski definition) is 0. The third-order valence-electron chi connectivity index (χ3n) is 4.45. The van der Waals surface area contributed by atoms with Crippen LogP contribution in [0.2, 0.25) is 0 Å². The van der Waals surface area contributed by atoms with E-state index >= 15 is 0 Å². The summed E-state index contributed by atoms with van der Waals surface area (Å²) in [7, 11) is 0. The van der Waals surface area contributed by atoms with Gasteiger partial charge in [0.25, 0.3) is 0 Å². The Balaban J connectivity index is 1.35. The molecule has 28 heavy (non-hydrogen) atoms. The van der Waals surface area contributed by atoms with E-state index in [1.54, 1.807) is 12.5 Å². The first kappa shape index (κ1) is 17.9. The van der Waals surface area contributed by atoms with Gasteiger partial charge in [-0.2, -0.15) is 0 Å². The van der Waals surface area contributed by atoms with Crippen LogP contribution < -0.4 is 9.47 Å². The van der Waals surface area contributed by atoms with Crippen LogP contribution in [0.1, 0.15) is 5.56 Å². The van der Waals surface area contributed by atoms with Crippen LogP contribution >= 0.6 is 0 Å². The molecule has 0 fully saturated rings. The van der Waals surface area contributed by atoms with Gasteiger partial charge in [-0.3, -0.25) is 0 Å². The number of ether oxygens (including phenoxy) is 2. The lowest BCUT2D eigenvalue weighted by atomic mass is 10.1. The van der Waals surface area contributed by atoms with Crippen molar-refractivity contribution in [3.05, 3.63) is 103 Å². The zero-order chi connectivity index (χ0) is 19.0. The van der Waals surface area contributed by atoms with Crippen molar-refractivity contribution in [1.82, 2.24) is 9.55 Å². The van der Waals surface area contributed by atoms with Crippen LogP contribution in [-0.2, 0) is 13.2 Å². The molecule has 0 unspecified atom stereocenters. The molecule has 4 nitrogen and oxygen atoms in total. The fourth-order valence-electron chi connectivity index (χ4n) is 2.94. The van der Waals surface area contributed by atoms with Crippen LogP contribution in [0, 0.1) is 0 Å². The van der Waals surface area contributed by atoms with Crippen molar-refractivity contribution in [2.75, 3.05) is 6.61 Å². The number of aromatic nitrogens is 2. The maximum Gasteiger partial charge on any atom is 0.120 e. The van der Waals surface area contributed by atoms with Gasteiger partial charge in [0.15, 0.2) is 0 Å². The predicted octanol–water partition coefficient (Wildman–Crippen LogP) is 5.21. The van der Waals surface area contributed by atoms with Gasteiger partial charge in [-0.25, -0.2) is 4.98 Å². The van der Waals surface area contributed by atoms with Crippen LogP contribution in [0.4, 0.5) is 0 Å². The molecule has 4 heteroatoms. The van der Waals surface area contributed by atoms with Crippen LogP contribution in [0.5, 0.6) is 11.5 Å². The Labute approximate surface area is 165 Å². The van der Waals surface area contributed by atoms with Crippen LogP contribution in [0.3, 0.4) is 0 Å². The number of hydrogen-bond acceptors (Lipinski definition) is 3. The zero-order valence-corrected chi connectivity index (χ0v) is 15.6. The summed E-state index contributed by atoms with van der Waals surface area (Å²) in [5.41, 5.74) is 3.41. The van der Waals surface area contributed by atoms with E-state index < -0.39 is 0 Å². The molecule has 1 heterocycles. The minimum atomic E-state index is 0.563. The van der Waals surface area contributed by atoms with Gasteiger partial charge < -0.3 is 14.0 Å². The largest absolute Gasteiger partial charge is 0.492 e. The van der Waals surface area contributed by atoms with Crippen LogP contribution in [-0.4, -0.2) is 16.2 Å². The molecule has 0 bridgehead atoms. The van der Waals surface area contributed by atoms with E-state index in [4.69, 9.17) is 9.47 Å². The normalized spacial score (nSPS) is 10.6. The number of rotatable bonds is 8. The van der Waals surface area contributed by atoms with E-state index in [9.17, 15) is 0 Å². The molecule has 3 aromatic carbocycles. The van der Waals surface area contributed by atoms with Crippen molar-refractivity contribution in [2.24, 2.45) is 0 Å². The highest BCUT2D eigenvalue weighted by Gasteiger charge is 2.02. The van der Waals surface area contributed by atoms with Gasteiger partial charge in [-0.1, -0.05) is 54.6 Å². The van der Waals surface area contributed by atoms with Gasteiger partial charge in [0.05, 0.1) is 12.9 Å². The standard InChI is InChI=1S/C24H22N2O2/c1-2-5-20(6-3-1)18-28-24-8-4-7-22(17-24)21-9-11-23(12-10-21)27-16-15-26-14-13-25-19-26/h1-14,17,19H,15-16,18H2. The minimum Gasteiger partial charge on any atom is -0.492 e. The highest BCUT2D eigenvalue weighted by molar-refractivity contribution is 5.65. The third-order valence-corrected chi connectivity index (χ3v) is 4.45. The molecule has 0 aliphatic heterocycles. The van der Waals surface area contributed by atoms with E-state index in [1.807, 2.05) is 53.2 Å². The van der Waals surface area contributed by atoms with Crippen molar-refractivity contribution in [1.29, 1.82) is 0 Å². The average Bonchev–Trinajstić information content (AvgIpc) is 3.27. The van der Waals surface area contributed by atoms with E-state index in [2.05, 4.69) is 41.4 Å². The smallest absolute Gasteiger partial charge is 0.120 e. The Morgan fingerprint density at radius 3 is 2.39 bits per heavy atom. The van der Waals surface area contributed by atoms with Crippen molar-refractivity contribution >= 4 is 0 Å². The van der Waals surface area contributed by atoms with Gasteiger partial charge >= 0.3 is 0 Å². The molecule has 0 amide bonds. The molecule has 0 N–H and O–H groups in total. The van der Waals surface area contributed by atoms with Crippen LogP contribution in [0.25, 0.3) is 11.1 Å².